The molecule has 0 amide bonds. The minimum Gasteiger partial charge on any atom is -0.353 e. The van der Waals surface area contributed by atoms with E-state index in [4.69, 9.17) is 0 Å². The molecule has 3 rings (SSSR count). The first-order valence-corrected chi connectivity index (χ1v) is 7.69. The first-order chi connectivity index (χ1) is 9.13. The maximum Gasteiger partial charge on any atom is 0.203 e. The highest BCUT2D eigenvalue weighted by atomic mass is 15.2. The van der Waals surface area contributed by atoms with E-state index in [0.717, 1.165) is 17.7 Å². The molecule has 1 N–H and O–H groups in total. The van der Waals surface area contributed by atoms with E-state index in [0.29, 0.717) is 12.1 Å². The van der Waals surface area contributed by atoms with E-state index in [2.05, 4.69) is 46.7 Å². The van der Waals surface area contributed by atoms with Crippen molar-refractivity contribution in [2.75, 3.05) is 18.4 Å². The number of imidazole rings is 1. The van der Waals surface area contributed by atoms with Crippen molar-refractivity contribution in [3.8, 4) is 0 Å². The molecule has 2 aliphatic heterocycles. The summed E-state index contributed by atoms with van der Waals surface area (Å²) in [6.07, 6.45) is 7.45. The second-order valence-electron chi connectivity index (χ2n) is 6.40. The molecular formula is C15H26N4. The molecular weight excluding hydrogens is 236 g/mol. The number of piperidine rings is 1. The van der Waals surface area contributed by atoms with Crippen molar-refractivity contribution < 1.29 is 0 Å². The van der Waals surface area contributed by atoms with Gasteiger partial charge in [-0.05, 0) is 53.0 Å². The normalized spacial score (nSPS) is 27.8. The molecule has 0 spiro atoms. The Hall–Kier alpha value is -1.03. The Morgan fingerprint density at radius 1 is 1.32 bits per heavy atom. The summed E-state index contributed by atoms with van der Waals surface area (Å²) in [5, 5.41) is 3.69. The Morgan fingerprint density at radius 2 is 2.16 bits per heavy atom. The minimum atomic E-state index is 0.468. The summed E-state index contributed by atoms with van der Waals surface area (Å²) < 4.78 is 2.26. The van der Waals surface area contributed by atoms with Crippen LogP contribution in [0.25, 0.3) is 0 Å². The summed E-state index contributed by atoms with van der Waals surface area (Å²) in [6.45, 7) is 9.07. The van der Waals surface area contributed by atoms with Gasteiger partial charge >= 0.3 is 0 Å². The van der Waals surface area contributed by atoms with E-state index in [1.165, 1.54) is 38.8 Å². The number of aryl methyl sites for hydroxylation is 1. The highest BCUT2D eigenvalue weighted by molar-refractivity contribution is 5.31. The van der Waals surface area contributed by atoms with Crippen molar-refractivity contribution >= 4 is 5.95 Å². The Bertz CT molecular complexity index is 437. The van der Waals surface area contributed by atoms with Crippen LogP contribution in [0, 0.1) is 6.92 Å². The van der Waals surface area contributed by atoms with Gasteiger partial charge in [-0.3, -0.25) is 0 Å². The largest absolute Gasteiger partial charge is 0.353 e. The van der Waals surface area contributed by atoms with Gasteiger partial charge in [-0.25, -0.2) is 4.98 Å². The summed E-state index contributed by atoms with van der Waals surface area (Å²) in [5.74, 6) is 1.06. The Balaban J connectivity index is 1.68. The standard InChI is InChI=1S/C15H26N4/c1-11(2)19-10-12(3)16-15(19)17-13-6-8-18-7-4-5-14(18)9-13/h10-11,13-14H,4-9H2,1-3H3,(H,16,17). The van der Waals surface area contributed by atoms with Crippen LogP contribution < -0.4 is 5.32 Å². The van der Waals surface area contributed by atoms with Crippen LogP contribution in [0.1, 0.15) is 51.3 Å². The molecule has 19 heavy (non-hydrogen) atoms. The van der Waals surface area contributed by atoms with Gasteiger partial charge in [0.25, 0.3) is 0 Å². The number of hydrogen-bond acceptors (Lipinski definition) is 3. The molecule has 2 aliphatic rings. The summed E-state index contributed by atoms with van der Waals surface area (Å²) in [5.41, 5.74) is 1.11. The minimum absolute atomic E-state index is 0.468. The van der Waals surface area contributed by atoms with Crippen LogP contribution >= 0.6 is 0 Å². The molecule has 2 atom stereocenters. The lowest BCUT2D eigenvalue weighted by Gasteiger charge is -2.35. The molecule has 106 valence electrons. The third-order valence-electron chi connectivity index (χ3n) is 4.56. The van der Waals surface area contributed by atoms with E-state index < -0.39 is 0 Å². The molecule has 1 aromatic rings. The van der Waals surface area contributed by atoms with E-state index in [9.17, 15) is 0 Å². The van der Waals surface area contributed by atoms with Gasteiger partial charge in [0.05, 0.1) is 5.69 Å². The molecule has 0 saturated carbocycles. The lowest BCUT2D eigenvalue weighted by Crippen LogP contribution is -2.43. The van der Waals surface area contributed by atoms with E-state index in [-0.39, 0.29) is 0 Å². The Labute approximate surface area is 116 Å². The van der Waals surface area contributed by atoms with Crippen molar-refractivity contribution in [2.24, 2.45) is 0 Å². The monoisotopic (exact) mass is 262 g/mol. The van der Waals surface area contributed by atoms with Crippen LogP contribution in [0.4, 0.5) is 5.95 Å². The number of rotatable bonds is 3. The number of anilines is 1. The summed E-state index contributed by atoms with van der Waals surface area (Å²) in [7, 11) is 0. The van der Waals surface area contributed by atoms with Gasteiger partial charge in [0.15, 0.2) is 0 Å². The van der Waals surface area contributed by atoms with Gasteiger partial charge < -0.3 is 14.8 Å². The summed E-state index contributed by atoms with van der Waals surface area (Å²) >= 11 is 0. The highest BCUT2D eigenvalue weighted by Crippen LogP contribution is 2.28. The van der Waals surface area contributed by atoms with Gasteiger partial charge in [-0.15, -0.1) is 0 Å². The topological polar surface area (TPSA) is 33.1 Å². The zero-order valence-corrected chi connectivity index (χ0v) is 12.4. The second-order valence-corrected chi connectivity index (χ2v) is 6.40. The lowest BCUT2D eigenvalue weighted by molar-refractivity contribution is 0.187. The lowest BCUT2D eigenvalue weighted by atomic mass is 9.98. The second kappa shape index (κ2) is 5.16. The third kappa shape index (κ3) is 2.64. The molecule has 3 heterocycles. The van der Waals surface area contributed by atoms with Crippen molar-refractivity contribution in [1.29, 1.82) is 0 Å². The van der Waals surface area contributed by atoms with Gasteiger partial charge in [-0.1, -0.05) is 0 Å². The zero-order chi connectivity index (χ0) is 13.4. The molecule has 0 radical (unpaired) electrons. The smallest absolute Gasteiger partial charge is 0.203 e. The predicted molar refractivity (Wildman–Crippen MR) is 78.6 cm³/mol. The number of nitrogens with zero attached hydrogens (tertiary/aromatic N) is 3. The molecule has 0 bridgehead atoms. The molecule has 1 aromatic heterocycles. The molecule has 2 fully saturated rings. The fourth-order valence-corrected chi connectivity index (χ4v) is 3.55. The van der Waals surface area contributed by atoms with Crippen LogP contribution in [-0.2, 0) is 0 Å². The van der Waals surface area contributed by atoms with Crippen LogP contribution in [0.3, 0.4) is 0 Å². The first kappa shape index (κ1) is 13.0. The van der Waals surface area contributed by atoms with Crippen LogP contribution in [0.5, 0.6) is 0 Å². The van der Waals surface area contributed by atoms with Crippen LogP contribution in [0.2, 0.25) is 0 Å². The Kier molecular flexibility index (Phi) is 3.52. The molecule has 2 unspecified atom stereocenters. The molecule has 0 aromatic carbocycles. The van der Waals surface area contributed by atoms with E-state index in [1.54, 1.807) is 0 Å². The number of fused-ring (bicyclic) bond motifs is 1. The number of hydrogen-bond donors (Lipinski definition) is 1. The Morgan fingerprint density at radius 3 is 2.95 bits per heavy atom. The fourth-order valence-electron chi connectivity index (χ4n) is 3.55. The maximum absolute atomic E-state index is 4.65. The third-order valence-corrected chi connectivity index (χ3v) is 4.56. The summed E-state index contributed by atoms with van der Waals surface area (Å²) in [4.78, 5) is 7.31. The predicted octanol–water partition coefficient (Wildman–Crippen LogP) is 2.81. The maximum atomic E-state index is 4.65. The van der Waals surface area contributed by atoms with E-state index in [1.807, 2.05) is 0 Å². The van der Waals surface area contributed by atoms with Crippen molar-refractivity contribution in [3.63, 3.8) is 0 Å². The van der Waals surface area contributed by atoms with Crippen molar-refractivity contribution in [1.82, 2.24) is 14.5 Å². The quantitative estimate of drug-likeness (QED) is 0.909. The number of aromatic nitrogens is 2. The van der Waals surface area contributed by atoms with Gasteiger partial charge in [-0.2, -0.15) is 0 Å². The fraction of sp³-hybridized carbons (Fsp3) is 0.800. The molecule has 0 aliphatic carbocycles. The molecule has 4 nitrogen and oxygen atoms in total. The SMILES string of the molecule is Cc1cn(C(C)C)c(NC2CCN3CCCC3C2)n1. The highest BCUT2D eigenvalue weighted by Gasteiger charge is 2.32. The van der Waals surface area contributed by atoms with Gasteiger partial charge in [0.2, 0.25) is 5.95 Å². The average molecular weight is 262 g/mol. The molecule has 2 saturated heterocycles. The molecule has 4 heteroatoms. The van der Waals surface area contributed by atoms with Crippen molar-refractivity contribution in [2.45, 2.75) is 64.6 Å². The zero-order valence-electron chi connectivity index (χ0n) is 12.4. The van der Waals surface area contributed by atoms with E-state index >= 15 is 0 Å². The number of nitrogens with one attached hydrogen (secondary N) is 1. The van der Waals surface area contributed by atoms with Crippen LogP contribution in [0.15, 0.2) is 6.20 Å². The van der Waals surface area contributed by atoms with Crippen LogP contribution in [-0.4, -0.2) is 39.6 Å². The van der Waals surface area contributed by atoms with Crippen molar-refractivity contribution in [3.05, 3.63) is 11.9 Å². The first-order valence-electron chi connectivity index (χ1n) is 7.69. The average Bonchev–Trinajstić information content (AvgIpc) is 2.95. The van der Waals surface area contributed by atoms with Gasteiger partial charge in [0, 0.05) is 30.9 Å². The summed E-state index contributed by atoms with van der Waals surface area (Å²) in [6, 6.07) is 1.88. The van der Waals surface area contributed by atoms with Gasteiger partial charge in [0.1, 0.15) is 0 Å².